The molecule has 7 heteroatoms. The first-order valence-corrected chi connectivity index (χ1v) is 5.44. The maximum absolute atomic E-state index is 11.1. The van der Waals surface area contributed by atoms with Crippen LogP contribution in [0.25, 0.3) is 0 Å². The van der Waals surface area contributed by atoms with Gasteiger partial charge in [-0.3, -0.25) is 15.0 Å². The Hall–Kier alpha value is -0.790. The number of hydrazine groups is 1. The van der Waals surface area contributed by atoms with Gasteiger partial charge >= 0.3 is 0 Å². The van der Waals surface area contributed by atoms with Gasteiger partial charge in [0.2, 0.25) is 5.91 Å². The summed E-state index contributed by atoms with van der Waals surface area (Å²) in [7, 11) is 0. The molecule has 0 saturated heterocycles. The van der Waals surface area contributed by atoms with Crippen LogP contribution in [-0.4, -0.2) is 41.6 Å². The molecule has 0 heterocycles. The predicted octanol–water partition coefficient (Wildman–Crippen LogP) is -1.79. The molecule has 5 N–H and O–H groups in total. The second kappa shape index (κ2) is 7.60. The summed E-state index contributed by atoms with van der Waals surface area (Å²) >= 11 is 1.35. The Morgan fingerprint density at radius 1 is 1.57 bits per heavy atom. The van der Waals surface area contributed by atoms with Crippen molar-refractivity contribution in [1.29, 1.82) is 0 Å². The van der Waals surface area contributed by atoms with Crippen molar-refractivity contribution in [2.75, 3.05) is 18.6 Å². The van der Waals surface area contributed by atoms with Gasteiger partial charge in [0.25, 0.3) is 5.91 Å². The van der Waals surface area contributed by atoms with Gasteiger partial charge in [-0.25, -0.2) is 5.84 Å². The molecule has 82 valence electrons. The standard InChI is InChI=1S/C7H15N3O3S/c1-14-4-6(12)9-5(2-3-11)7(13)10-8/h5,11H,2-4,8H2,1H3,(H,9,12)(H,10,13). The number of carbonyl (C=O) groups is 2. The van der Waals surface area contributed by atoms with Gasteiger partial charge in [-0.05, 0) is 12.7 Å². The minimum atomic E-state index is -0.760. The number of aliphatic hydroxyl groups excluding tert-OH is 1. The number of aliphatic hydroxyl groups is 1. The van der Waals surface area contributed by atoms with E-state index < -0.39 is 11.9 Å². The summed E-state index contributed by atoms with van der Waals surface area (Å²) in [5.41, 5.74) is 1.93. The first-order valence-electron chi connectivity index (χ1n) is 4.05. The number of rotatable bonds is 6. The number of nitrogens with one attached hydrogen (secondary N) is 2. The zero-order valence-corrected chi connectivity index (χ0v) is 8.76. The number of hydrogen-bond acceptors (Lipinski definition) is 5. The fourth-order valence-electron chi connectivity index (χ4n) is 0.866. The van der Waals surface area contributed by atoms with E-state index in [1.807, 2.05) is 5.43 Å². The SMILES string of the molecule is CSCC(=O)NC(CCO)C(=O)NN. The highest BCUT2D eigenvalue weighted by molar-refractivity contribution is 7.99. The molecule has 0 radical (unpaired) electrons. The molecule has 2 amide bonds. The molecule has 0 aromatic rings. The average molecular weight is 221 g/mol. The molecule has 6 nitrogen and oxygen atoms in total. The number of thioether (sulfide) groups is 1. The van der Waals surface area contributed by atoms with Gasteiger partial charge in [-0.15, -0.1) is 0 Å². The van der Waals surface area contributed by atoms with E-state index in [0.717, 1.165) is 0 Å². The van der Waals surface area contributed by atoms with Crippen LogP contribution in [0.1, 0.15) is 6.42 Å². The number of carbonyl (C=O) groups excluding carboxylic acids is 2. The Bertz CT molecular complexity index is 201. The molecular formula is C7H15N3O3S. The van der Waals surface area contributed by atoms with Gasteiger partial charge in [-0.2, -0.15) is 11.8 Å². The minimum absolute atomic E-state index is 0.156. The van der Waals surface area contributed by atoms with E-state index >= 15 is 0 Å². The second-order valence-electron chi connectivity index (χ2n) is 2.57. The normalized spacial score (nSPS) is 11.9. The molecule has 0 saturated carbocycles. The lowest BCUT2D eigenvalue weighted by atomic mass is 10.2. The molecule has 0 aliphatic carbocycles. The van der Waals surface area contributed by atoms with E-state index in [-0.39, 0.29) is 24.7 Å². The Balaban J connectivity index is 4.08. The lowest BCUT2D eigenvalue weighted by Crippen LogP contribution is -2.49. The zero-order chi connectivity index (χ0) is 11.0. The van der Waals surface area contributed by atoms with Gasteiger partial charge in [0, 0.05) is 6.61 Å². The van der Waals surface area contributed by atoms with Crippen molar-refractivity contribution >= 4 is 23.6 Å². The average Bonchev–Trinajstić information content (AvgIpc) is 2.16. The molecule has 0 rings (SSSR count). The van der Waals surface area contributed by atoms with Crippen LogP contribution >= 0.6 is 11.8 Å². The van der Waals surface area contributed by atoms with Gasteiger partial charge in [0.05, 0.1) is 5.75 Å². The van der Waals surface area contributed by atoms with E-state index in [4.69, 9.17) is 10.9 Å². The molecule has 0 fully saturated rings. The van der Waals surface area contributed by atoms with E-state index in [0.29, 0.717) is 0 Å². The Morgan fingerprint density at radius 2 is 2.21 bits per heavy atom. The van der Waals surface area contributed by atoms with Crippen molar-refractivity contribution in [2.24, 2.45) is 5.84 Å². The largest absolute Gasteiger partial charge is 0.396 e. The second-order valence-corrected chi connectivity index (χ2v) is 3.44. The molecule has 14 heavy (non-hydrogen) atoms. The summed E-state index contributed by atoms with van der Waals surface area (Å²) in [5.74, 6) is 4.44. The molecule has 0 aromatic heterocycles. The lowest BCUT2D eigenvalue weighted by Gasteiger charge is -2.15. The highest BCUT2D eigenvalue weighted by Gasteiger charge is 2.18. The maximum Gasteiger partial charge on any atom is 0.256 e. The van der Waals surface area contributed by atoms with Gasteiger partial charge in [-0.1, -0.05) is 0 Å². The van der Waals surface area contributed by atoms with Crippen molar-refractivity contribution in [3.63, 3.8) is 0 Å². The maximum atomic E-state index is 11.1. The Labute approximate surface area is 86.6 Å². The highest BCUT2D eigenvalue weighted by Crippen LogP contribution is 1.94. The smallest absolute Gasteiger partial charge is 0.256 e. The monoisotopic (exact) mass is 221 g/mol. The molecule has 0 aromatic carbocycles. The van der Waals surface area contributed by atoms with Crippen LogP contribution in [0.4, 0.5) is 0 Å². The third-order valence-corrected chi connectivity index (χ3v) is 2.04. The predicted molar refractivity (Wildman–Crippen MR) is 54.3 cm³/mol. The van der Waals surface area contributed by atoms with Gasteiger partial charge in [0.15, 0.2) is 0 Å². The summed E-state index contributed by atoms with van der Waals surface area (Å²) in [6, 6.07) is -0.760. The first kappa shape index (κ1) is 13.2. The summed E-state index contributed by atoms with van der Waals surface area (Å²) in [6.07, 6.45) is 1.94. The third-order valence-electron chi connectivity index (χ3n) is 1.49. The van der Waals surface area contributed by atoms with E-state index in [9.17, 15) is 9.59 Å². The van der Waals surface area contributed by atoms with Crippen molar-refractivity contribution in [1.82, 2.24) is 10.7 Å². The summed E-state index contributed by atoms with van der Waals surface area (Å²) in [5, 5.41) is 11.1. The van der Waals surface area contributed by atoms with Crippen LogP contribution in [0.3, 0.4) is 0 Å². The van der Waals surface area contributed by atoms with Crippen LogP contribution in [0.15, 0.2) is 0 Å². The topological polar surface area (TPSA) is 104 Å². The van der Waals surface area contributed by atoms with E-state index in [1.165, 1.54) is 11.8 Å². The van der Waals surface area contributed by atoms with Crippen LogP contribution < -0.4 is 16.6 Å². The molecule has 0 aliphatic rings. The number of amides is 2. The lowest BCUT2D eigenvalue weighted by molar-refractivity contribution is -0.128. The molecule has 1 atom stereocenters. The Kier molecular flexibility index (Phi) is 7.17. The van der Waals surface area contributed by atoms with Crippen LogP contribution in [0.5, 0.6) is 0 Å². The summed E-state index contributed by atoms with van der Waals surface area (Å²) in [4.78, 5) is 22.2. The van der Waals surface area contributed by atoms with Crippen LogP contribution in [0, 0.1) is 0 Å². The van der Waals surface area contributed by atoms with E-state index in [2.05, 4.69) is 5.32 Å². The Morgan fingerprint density at radius 3 is 2.64 bits per heavy atom. The molecule has 1 unspecified atom stereocenters. The van der Waals surface area contributed by atoms with Crippen molar-refractivity contribution in [3.8, 4) is 0 Å². The fraction of sp³-hybridized carbons (Fsp3) is 0.714. The van der Waals surface area contributed by atoms with Crippen LogP contribution in [-0.2, 0) is 9.59 Å². The van der Waals surface area contributed by atoms with E-state index in [1.54, 1.807) is 6.26 Å². The van der Waals surface area contributed by atoms with Gasteiger partial charge in [0.1, 0.15) is 6.04 Å². The fourth-order valence-corrected chi connectivity index (χ4v) is 1.21. The van der Waals surface area contributed by atoms with Crippen molar-refractivity contribution in [3.05, 3.63) is 0 Å². The third kappa shape index (κ3) is 5.05. The summed E-state index contributed by atoms with van der Waals surface area (Å²) in [6.45, 7) is -0.183. The summed E-state index contributed by atoms with van der Waals surface area (Å²) < 4.78 is 0. The molecule has 0 spiro atoms. The zero-order valence-electron chi connectivity index (χ0n) is 7.95. The van der Waals surface area contributed by atoms with Crippen LogP contribution in [0.2, 0.25) is 0 Å². The molecular weight excluding hydrogens is 206 g/mol. The minimum Gasteiger partial charge on any atom is -0.396 e. The van der Waals surface area contributed by atoms with Gasteiger partial charge < -0.3 is 10.4 Å². The van der Waals surface area contributed by atoms with Crippen molar-refractivity contribution in [2.45, 2.75) is 12.5 Å². The van der Waals surface area contributed by atoms with Crippen molar-refractivity contribution < 1.29 is 14.7 Å². The first-order chi connectivity index (χ1) is 6.65. The molecule has 0 aliphatic heterocycles. The number of hydrogen-bond donors (Lipinski definition) is 4. The number of nitrogens with two attached hydrogens (primary N) is 1. The highest BCUT2D eigenvalue weighted by atomic mass is 32.2. The molecule has 0 bridgehead atoms. The quantitative estimate of drug-likeness (QED) is 0.241.